The van der Waals surface area contributed by atoms with Gasteiger partial charge in [-0.1, -0.05) is 30.3 Å². The van der Waals surface area contributed by atoms with Gasteiger partial charge in [-0.2, -0.15) is 0 Å². The quantitative estimate of drug-likeness (QED) is 0.784. The van der Waals surface area contributed by atoms with E-state index in [1.54, 1.807) is 18.2 Å². The first kappa shape index (κ1) is 15.4. The highest BCUT2D eigenvalue weighted by Crippen LogP contribution is 2.27. The van der Waals surface area contributed by atoms with E-state index in [1.165, 1.54) is 10.9 Å². The van der Waals surface area contributed by atoms with Crippen molar-refractivity contribution < 1.29 is 9.53 Å². The number of carbonyl (C=O) groups is 1. The normalized spacial score (nSPS) is 15.6. The molecule has 6 heteroatoms. The van der Waals surface area contributed by atoms with Gasteiger partial charge in [-0.05, 0) is 23.8 Å². The predicted molar refractivity (Wildman–Crippen MR) is 93.6 cm³/mol. The van der Waals surface area contributed by atoms with Crippen LogP contribution in [0, 0.1) is 0 Å². The maximum absolute atomic E-state index is 12.4. The van der Waals surface area contributed by atoms with Crippen molar-refractivity contribution >= 4 is 16.8 Å². The van der Waals surface area contributed by atoms with Crippen LogP contribution in [0.2, 0.25) is 0 Å². The number of para-hydroxylation sites is 2. The predicted octanol–water partition coefficient (Wildman–Crippen LogP) is 1.52. The lowest BCUT2D eigenvalue weighted by Crippen LogP contribution is -2.38. The monoisotopic (exact) mass is 335 g/mol. The van der Waals surface area contributed by atoms with Gasteiger partial charge in [0.2, 0.25) is 5.91 Å². The van der Waals surface area contributed by atoms with E-state index in [0.29, 0.717) is 17.4 Å². The molecular weight excluding hydrogens is 318 g/mol. The van der Waals surface area contributed by atoms with E-state index in [4.69, 9.17) is 4.74 Å². The standard InChI is InChI=1S/C19H17N3O3/c23-18(20-10-14-9-13-5-1-4-8-17(13)25-14)11-22-12-21-16-7-3-2-6-15(16)19(22)24/h1-8,12,14H,9-11H2,(H,20,23)/t14-/m0/s1. The zero-order valence-corrected chi connectivity index (χ0v) is 13.5. The Morgan fingerprint density at radius 3 is 2.88 bits per heavy atom. The number of rotatable bonds is 4. The van der Waals surface area contributed by atoms with Crippen molar-refractivity contribution in [3.63, 3.8) is 0 Å². The van der Waals surface area contributed by atoms with Gasteiger partial charge in [-0.3, -0.25) is 14.2 Å². The number of hydrogen-bond acceptors (Lipinski definition) is 4. The molecule has 1 aliphatic rings. The summed E-state index contributed by atoms with van der Waals surface area (Å²) in [6.07, 6.45) is 2.10. The summed E-state index contributed by atoms with van der Waals surface area (Å²) >= 11 is 0. The average Bonchev–Trinajstić information content (AvgIpc) is 3.06. The maximum atomic E-state index is 12.4. The van der Waals surface area contributed by atoms with Gasteiger partial charge in [0.25, 0.3) is 5.56 Å². The molecule has 0 spiro atoms. The summed E-state index contributed by atoms with van der Waals surface area (Å²) in [6, 6.07) is 14.9. The molecule has 126 valence electrons. The molecule has 0 unspecified atom stereocenters. The number of aromatic nitrogens is 2. The van der Waals surface area contributed by atoms with Crippen molar-refractivity contribution in [1.82, 2.24) is 14.9 Å². The van der Waals surface area contributed by atoms with Crippen LogP contribution in [0.5, 0.6) is 5.75 Å². The van der Waals surface area contributed by atoms with Gasteiger partial charge in [0, 0.05) is 6.42 Å². The summed E-state index contributed by atoms with van der Waals surface area (Å²) in [5.41, 5.74) is 1.56. The Balaban J connectivity index is 1.39. The van der Waals surface area contributed by atoms with Crippen LogP contribution in [-0.2, 0) is 17.8 Å². The lowest BCUT2D eigenvalue weighted by atomic mass is 10.1. The third kappa shape index (κ3) is 3.10. The van der Waals surface area contributed by atoms with Crippen LogP contribution in [0.3, 0.4) is 0 Å². The van der Waals surface area contributed by atoms with E-state index in [0.717, 1.165) is 17.7 Å². The Bertz CT molecular complexity index is 971. The molecule has 0 radical (unpaired) electrons. The fourth-order valence-corrected chi connectivity index (χ4v) is 3.02. The lowest BCUT2D eigenvalue weighted by Gasteiger charge is -2.12. The number of fused-ring (bicyclic) bond motifs is 2. The molecule has 25 heavy (non-hydrogen) atoms. The van der Waals surface area contributed by atoms with Gasteiger partial charge in [0.15, 0.2) is 0 Å². The van der Waals surface area contributed by atoms with E-state index in [2.05, 4.69) is 10.3 Å². The number of benzene rings is 2. The van der Waals surface area contributed by atoms with Crippen molar-refractivity contribution in [3.8, 4) is 5.75 Å². The molecule has 1 atom stereocenters. The van der Waals surface area contributed by atoms with Crippen molar-refractivity contribution in [1.29, 1.82) is 0 Å². The minimum Gasteiger partial charge on any atom is -0.488 e. The molecule has 4 rings (SSSR count). The molecule has 1 aliphatic heterocycles. The topological polar surface area (TPSA) is 73.2 Å². The first-order valence-electron chi connectivity index (χ1n) is 8.16. The molecule has 0 saturated carbocycles. The molecule has 6 nitrogen and oxygen atoms in total. The molecule has 2 aromatic carbocycles. The van der Waals surface area contributed by atoms with Gasteiger partial charge >= 0.3 is 0 Å². The maximum Gasteiger partial charge on any atom is 0.261 e. The van der Waals surface area contributed by atoms with Gasteiger partial charge in [0.1, 0.15) is 18.4 Å². The number of nitrogens with one attached hydrogen (secondary N) is 1. The second kappa shape index (κ2) is 6.39. The number of hydrogen-bond donors (Lipinski definition) is 1. The van der Waals surface area contributed by atoms with E-state index in [-0.39, 0.29) is 24.1 Å². The highest BCUT2D eigenvalue weighted by Gasteiger charge is 2.22. The van der Waals surface area contributed by atoms with Crippen LogP contribution < -0.4 is 15.6 Å². The minimum atomic E-state index is -0.237. The fraction of sp³-hybridized carbons (Fsp3) is 0.211. The first-order chi connectivity index (χ1) is 12.2. The molecule has 0 saturated heterocycles. The van der Waals surface area contributed by atoms with Crippen molar-refractivity contribution in [2.75, 3.05) is 6.54 Å². The molecular formula is C19H17N3O3. The smallest absolute Gasteiger partial charge is 0.261 e. The number of amides is 1. The summed E-state index contributed by atoms with van der Waals surface area (Å²) in [5, 5.41) is 3.34. The highest BCUT2D eigenvalue weighted by atomic mass is 16.5. The van der Waals surface area contributed by atoms with Gasteiger partial charge in [-0.15, -0.1) is 0 Å². The van der Waals surface area contributed by atoms with Crippen LogP contribution in [0.25, 0.3) is 10.9 Å². The van der Waals surface area contributed by atoms with Gasteiger partial charge in [0.05, 0.1) is 23.8 Å². The molecule has 1 aromatic heterocycles. The Kier molecular flexibility index (Phi) is 3.93. The fourth-order valence-electron chi connectivity index (χ4n) is 3.02. The van der Waals surface area contributed by atoms with Crippen molar-refractivity contribution in [3.05, 3.63) is 70.8 Å². The van der Waals surface area contributed by atoms with E-state index in [1.807, 2.05) is 30.3 Å². The van der Waals surface area contributed by atoms with E-state index >= 15 is 0 Å². The summed E-state index contributed by atoms with van der Waals surface area (Å²) in [5.74, 6) is 0.635. The molecule has 3 aromatic rings. The Labute approximate surface area is 144 Å². The lowest BCUT2D eigenvalue weighted by molar-refractivity contribution is -0.122. The van der Waals surface area contributed by atoms with E-state index < -0.39 is 0 Å². The Hall–Kier alpha value is -3.15. The van der Waals surface area contributed by atoms with Gasteiger partial charge in [-0.25, -0.2) is 4.98 Å². The molecule has 1 N–H and O–H groups in total. The molecule has 0 aliphatic carbocycles. The van der Waals surface area contributed by atoms with Crippen LogP contribution in [0.15, 0.2) is 59.7 Å². The summed E-state index contributed by atoms with van der Waals surface area (Å²) in [6.45, 7) is 0.347. The molecule has 1 amide bonds. The van der Waals surface area contributed by atoms with Crippen LogP contribution >= 0.6 is 0 Å². The molecule has 0 fully saturated rings. The van der Waals surface area contributed by atoms with Gasteiger partial charge < -0.3 is 10.1 Å². The highest BCUT2D eigenvalue weighted by molar-refractivity contribution is 5.78. The third-order valence-electron chi connectivity index (χ3n) is 4.29. The number of carbonyl (C=O) groups excluding carboxylic acids is 1. The third-order valence-corrected chi connectivity index (χ3v) is 4.29. The van der Waals surface area contributed by atoms with Crippen molar-refractivity contribution in [2.45, 2.75) is 19.1 Å². The van der Waals surface area contributed by atoms with E-state index in [9.17, 15) is 9.59 Å². The van der Waals surface area contributed by atoms with Crippen LogP contribution in [0.1, 0.15) is 5.56 Å². The zero-order chi connectivity index (χ0) is 17.2. The van der Waals surface area contributed by atoms with Crippen molar-refractivity contribution in [2.24, 2.45) is 0 Å². The summed E-state index contributed by atoms with van der Waals surface area (Å²) in [7, 11) is 0. The summed E-state index contributed by atoms with van der Waals surface area (Å²) < 4.78 is 7.11. The number of ether oxygens (including phenoxy) is 1. The second-order valence-corrected chi connectivity index (χ2v) is 6.05. The molecule has 0 bridgehead atoms. The Morgan fingerprint density at radius 1 is 1.20 bits per heavy atom. The van der Waals surface area contributed by atoms with Crippen LogP contribution in [0.4, 0.5) is 0 Å². The van der Waals surface area contributed by atoms with Crippen LogP contribution in [-0.4, -0.2) is 28.1 Å². The minimum absolute atomic E-state index is 0.0592. The zero-order valence-electron chi connectivity index (χ0n) is 13.5. The SMILES string of the molecule is O=C(Cn1cnc2ccccc2c1=O)NC[C@@H]1Cc2ccccc2O1. The molecule has 2 heterocycles. The number of nitrogens with zero attached hydrogens (tertiary/aromatic N) is 2. The average molecular weight is 335 g/mol. The Morgan fingerprint density at radius 2 is 2.00 bits per heavy atom. The first-order valence-corrected chi connectivity index (χ1v) is 8.16. The second-order valence-electron chi connectivity index (χ2n) is 6.05. The largest absolute Gasteiger partial charge is 0.488 e. The summed E-state index contributed by atoms with van der Waals surface area (Å²) in [4.78, 5) is 28.8.